The Morgan fingerprint density at radius 1 is 1.35 bits per heavy atom. The van der Waals surface area contributed by atoms with E-state index in [4.69, 9.17) is 0 Å². The van der Waals surface area contributed by atoms with Crippen LogP contribution in [0.15, 0.2) is 36.5 Å². The van der Waals surface area contributed by atoms with E-state index in [1.54, 1.807) is 10.9 Å². The number of nitrogens with one attached hydrogen (secondary N) is 1. The molecule has 1 aromatic heterocycles. The van der Waals surface area contributed by atoms with Crippen LogP contribution in [0.3, 0.4) is 0 Å². The number of carbonyl (C=O) groups excluding carboxylic acids is 1. The van der Waals surface area contributed by atoms with Crippen molar-refractivity contribution >= 4 is 5.91 Å². The van der Waals surface area contributed by atoms with Gasteiger partial charge in [0, 0.05) is 0 Å². The Labute approximate surface area is 116 Å². The number of hydrogen-bond acceptors (Lipinski definition) is 4. The Bertz CT molecular complexity index is 599. The minimum Gasteiger partial charge on any atom is -0.394 e. The number of benzene rings is 1. The molecule has 1 saturated carbocycles. The molecule has 6 nitrogen and oxygen atoms in total. The summed E-state index contributed by atoms with van der Waals surface area (Å²) in [6, 6.07) is 9.47. The highest BCUT2D eigenvalue weighted by atomic mass is 16.3. The van der Waals surface area contributed by atoms with Crippen molar-refractivity contribution in [2.45, 2.75) is 24.8 Å². The van der Waals surface area contributed by atoms with Gasteiger partial charge >= 0.3 is 0 Å². The molecule has 2 N–H and O–H groups in total. The van der Waals surface area contributed by atoms with Gasteiger partial charge in [-0.1, -0.05) is 23.4 Å². The van der Waals surface area contributed by atoms with Crippen LogP contribution in [0.1, 0.15) is 29.8 Å². The summed E-state index contributed by atoms with van der Waals surface area (Å²) in [5.74, 6) is -0.291. The minimum absolute atomic E-state index is 0.0361. The standard InChI is InChI=1S/C14H16N4O2/c19-10-14(7-4-8-14)15-13(20)12-9-18(17-16-12)11-5-2-1-3-6-11/h1-3,5-6,9,19H,4,7-8,10H2,(H,15,20). The molecule has 0 saturated heterocycles. The molecule has 0 spiro atoms. The van der Waals surface area contributed by atoms with Crippen LogP contribution in [0.4, 0.5) is 0 Å². The Kier molecular flexibility index (Phi) is 3.23. The number of para-hydroxylation sites is 1. The summed E-state index contributed by atoms with van der Waals surface area (Å²) in [6.45, 7) is -0.0361. The van der Waals surface area contributed by atoms with Crippen LogP contribution in [0.25, 0.3) is 5.69 Å². The third-order valence-corrected chi connectivity index (χ3v) is 3.74. The van der Waals surface area contributed by atoms with Gasteiger partial charge in [0.2, 0.25) is 0 Å². The van der Waals surface area contributed by atoms with Gasteiger partial charge in [-0.25, -0.2) is 4.68 Å². The monoisotopic (exact) mass is 272 g/mol. The molecule has 2 aromatic rings. The molecule has 6 heteroatoms. The summed E-state index contributed by atoms with van der Waals surface area (Å²) >= 11 is 0. The zero-order valence-electron chi connectivity index (χ0n) is 11.0. The average molecular weight is 272 g/mol. The molecule has 1 heterocycles. The highest BCUT2D eigenvalue weighted by molar-refractivity contribution is 5.92. The number of aromatic nitrogens is 3. The normalized spacial score (nSPS) is 16.4. The predicted octanol–water partition coefficient (Wildman–Crippen LogP) is 0.912. The van der Waals surface area contributed by atoms with Crippen molar-refractivity contribution in [2.24, 2.45) is 0 Å². The molecule has 0 atom stereocenters. The molecule has 1 aliphatic carbocycles. The third kappa shape index (κ3) is 2.30. The molecule has 0 unspecified atom stereocenters. The molecule has 0 radical (unpaired) electrons. The van der Waals surface area contributed by atoms with Gasteiger partial charge < -0.3 is 10.4 Å². The zero-order chi connectivity index (χ0) is 14.0. The molecule has 20 heavy (non-hydrogen) atoms. The lowest BCUT2D eigenvalue weighted by atomic mass is 9.77. The van der Waals surface area contributed by atoms with E-state index >= 15 is 0 Å². The van der Waals surface area contributed by atoms with Gasteiger partial charge in [0.05, 0.1) is 24.0 Å². The Morgan fingerprint density at radius 2 is 2.10 bits per heavy atom. The van der Waals surface area contributed by atoms with Crippen LogP contribution in [0.5, 0.6) is 0 Å². The van der Waals surface area contributed by atoms with Crippen LogP contribution >= 0.6 is 0 Å². The van der Waals surface area contributed by atoms with Crippen molar-refractivity contribution in [1.82, 2.24) is 20.3 Å². The average Bonchev–Trinajstić information content (AvgIpc) is 2.93. The van der Waals surface area contributed by atoms with E-state index in [9.17, 15) is 9.90 Å². The first-order valence-electron chi connectivity index (χ1n) is 6.64. The lowest BCUT2D eigenvalue weighted by Crippen LogP contribution is -2.56. The topological polar surface area (TPSA) is 80.0 Å². The van der Waals surface area contributed by atoms with Crippen molar-refractivity contribution in [2.75, 3.05) is 6.61 Å². The lowest BCUT2D eigenvalue weighted by molar-refractivity contribution is 0.0637. The Morgan fingerprint density at radius 3 is 2.70 bits per heavy atom. The Balaban J connectivity index is 1.75. The fraction of sp³-hybridized carbons (Fsp3) is 0.357. The number of aliphatic hydroxyl groups excluding tert-OH is 1. The van der Waals surface area contributed by atoms with E-state index in [-0.39, 0.29) is 18.2 Å². The van der Waals surface area contributed by atoms with Crippen LogP contribution in [0.2, 0.25) is 0 Å². The summed E-state index contributed by atoms with van der Waals surface area (Å²) in [5, 5.41) is 20.1. The second-order valence-corrected chi connectivity index (χ2v) is 5.13. The van der Waals surface area contributed by atoms with Gasteiger partial charge in [-0.05, 0) is 31.4 Å². The molecule has 0 aliphatic heterocycles. The first kappa shape index (κ1) is 12.8. The Hall–Kier alpha value is -2.21. The quantitative estimate of drug-likeness (QED) is 0.867. The summed E-state index contributed by atoms with van der Waals surface area (Å²) in [5.41, 5.74) is 0.640. The molecular weight excluding hydrogens is 256 g/mol. The van der Waals surface area contributed by atoms with Gasteiger partial charge in [0.1, 0.15) is 0 Å². The van der Waals surface area contributed by atoms with E-state index in [2.05, 4.69) is 15.6 Å². The van der Waals surface area contributed by atoms with E-state index in [1.807, 2.05) is 30.3 Å². The maximum Gasteiger partial charge on any atom is 0.273 e. The van der Waals surface area contributed by atoms with Gasteiger partial charge in [0.15, 0.2) is 5.69 Å². The maximum absolute atomic E-state index is 12.1. The van der Waals surface area contributed by atoms with Gasteiger partial charge in [0.25, 0.3) is 5.91 Å². The number of nitrogens with zero attached hydrogens (tertiary/aromatic N) is 3. The van der Waals surface area contributed by atoms with Crippen molar-refractivity contribution in [3.05, 3.63) is 42.2 Å². The third-order valence-electron chi connectivity index (χ3n) is 3.74. The molecule has 1 aliphatic rings. The molecule has 3 rings (SSSR count). The molecule has 1 fully saturated rings. The number of carbonyl (C=O) groups is 1. The highest BCUT2D eigenvalue weighted by Gasteiger charge is 2.38. The van der Waals surface area contributed by atoms with Crippen LogP contribution < -0.4 is 5.32 Å². The summed E-state index contributed by atoms with van der Waals surface area (Å²) in [6.07, 6.45) is 4.23. The smallest absolute Gasteiger partial charge is 0.273 e. The second kappa shape index (κ2) is 5.05. The molecule has 1 amide bonds. The SMILES string of the molecule is O=C(NC1(CO)CCC1)c1cn(-c2ccccc2)nn1. The van der Waals surface area contributed by atoms with Gasteiger partial charge in [-0.3, -0.25) is 4.79 Å². The van der Waals surface area contributed by atoms with Crippen molar-refractivity contribution < 1.29 is 9.90 Å². The number of amides is 1. The maximum atomic E-state index is 12.1. The summed E-state index contributed by atoms with van der Waals surface area (Å²) in [4.78, 5) is 12.1. The summed E-state index contributed by atoms with van der Waals surface area (Å²) in [7, 11) is 0. The second-order valence-electron chi connectivity index (χ2n) is 5.13. The van der Waals surface area contributed by atoms with E-state index < -0.39 is 5.54 Å². The van der Waals surface area contributed by atoms with Crippen LogP contribution in [-0.2, 0) is 0 Å². The van der Waals surface area contributed by atoms with E-state index in [1.165, 1.54) is 0 Å². The fourth-order valence-corrected chi connectivity index (χ4v) is 2.31. The largest absolute Gasteiger partial charge is 0.394 e. The first-order valence-corrected chi connectivity index (χ1v) is 6.64. The van der Waals surface area contributed by atoms with Crippen molar-refractivity contribution in [3.8, 4) is 5.69 Å². The number of hydrogen-bond donors (Lipinski definition) is 2. The molecular formula is C14H16N4O2. The summed E-state index contributed by atoms with van der Waals surface area (Å²) < 4.78 is 1.56. The first-order chi connectivity index (χ1) is 9.72. The number of rotatable bonds is 4. The van der Waals surface area contributed by atoms with Gasteiger partial charge in [-0.15, -0.1) is 5.10 Å². The van der Waals surface area contributed by atoms with Crippen molar-refractivity contribution in [1.29, 1.82) is 0 Å². The molecule has 0 bridgehead atoms. The van der Waals surface area contributed by atoms with E-state index in [0.29, 0.717) is 0 Å². The molecule has 1 aromatic carbocycles. The highest BCUT2D eigenvalue weighted by Crippen LogP contribution is 2.31. The van der Waals surface area contributed by atoms with Gasteiger partial charge in [-0.2, -0.15) is 0 Å². The predicted molar refractivity (Wildman–Crippen MR) is 72.5 cm³/mol. The van der Waals surface area contributed by atoms with E-state index in [0.717, 1.165) is 24.9 Å². The van der Waals surface area contributed by atoms with Crippen LogP contribution in [-0.4, -0.2) is 38.2 Å². The molecule has 104 valence electrons. The number of aliphatic hydroxyl groups is 1. The lowest BCUT2D eigenvalue weighted by Gasteiger charge is -2.40. The minimum atomic E-state index is -0.465. The van der Waals surface area contributed by atoms with Crippen molar-refractivity contribution in [3.63, 3.8) is 0 Å². The fourth-order valence-electron chi connectivity index (χ4n) is 2.31. The van der Waals surface area contributed by atoms with Crippen LogP contribution in [0, 0.1) is 0 Å². The zero-order valence-corrected chi connectivity index (χ0v) is 11.0.